The third kappa shape index (κ3) is 3.58. The zero-order valence-corrected chi connectivity index (χ0v) is 15.7. The fourth-order valence-electron chi connectivity index (χ4n) is 3.41. The maximum atomic E-state index is 12.8. The largest absolute Gasteiger partial charge is 0.427 e. The summed E-state index contributed by atoms with van der Waals surface area (Å²) in [4.78, 5) is 26.8. The molecule has 0 bridgehead atoms. The standard InChI is InChI=1S/C19H25N3O4/c1-11-8-16(14-6-5-7-20-9-14)25-19(24)17(11)18(23)22(4)10-15-12(2)21-26-13(15)3/h8,14,20H,5-7,9-10H2,1-4H3. The summed E-state index contributed by atoms with van der Waals surface area (Å²) in [6.07, 6.45) is 2.03. The van der Waals surface area contributed by atoms with Gasteiger partial charge in [0.15, 0.2) is 0 Å². The van der Waals surface area contributed by atoms with Gasteiger partial charge in [-0.05, 0) is 51.8 Å². The normalized spacial score (nSPS) is 17.3. The molecule has 1 saturated heterocycles. The van der Waals surface area contributed by atoms with E-state index < -0.39 is 5.63 Å². The Kier molecular flexibility index (Phi) is 5.27. The van der Waals surface area contributed by atoms with Crippen LogP contribution in [0.3, 0.4) is 0 Å². The number of aryl methyl sites for hydroxylation is 3. The van der Waals surface area contributed by atoms with Crippen LogP contribution < -0.4 is 10.9 Å². The van der Waals surface area contributed by atoms with Gasteiger partial charge in [0.05, 0.1) is 12.2 Å². The summed E-state index contributed by atoms with van der Waals surface area (Å²) in [7, 11) is 1.66. The van der Waals surface area contributed by atoms with Crippen LogP contribution in [0.25, 0.3) is 0 Å². The number of carbonyl (C=O) groups excluding carboxylic acids is 1. The second kappa shape index (κ2) is 7.45. The molecule has 0 spiro atoms. The molecule has 1 fully saturated rings. The molecule has 3 rings (SSSR count). The minimum Gasteiger partial charge on any atom is -0.427 e. The first-order valence-corrected chi connectivity index (χ1v) is 8.91. The summed E-state index contributed by atoms with van der Waals surface area (Å²) < 4.78 is 10.6. The van der Waals surface area contributed by atoms with Crippen LogP contribution in [0.4, 0.5) is 0 Å². The van der Waals surface area contributed by atoms with Crippen molar-refractivity contribution in [1.29, 1.82) is 0 Å². The van der Waals surface area contributed by atoms with Crippen LogP contribution in [0, 0.1) is 20.8 Å². The number of carbonyl (C=O) groups is 1. The van der Waals surface area contributed by atoms with E-state index in [1.54, 1.807) is 20.9 Å². The molecule has 1 amide bonds. The molecule has 2 aromatic rings. The third-order valence-corrected chi connectivity index (χ3v) is 5.00. The van der Waals surface area contributed by atoms with Gasteiger partial charge in [0, 0.05) is 25.1 Å². The molecule has 0 saturated carbocycles. The van der Waals surface area contributed by atoms with Gasteiger partial charge in [-0.3, -0.25) is 4.79 Å². The van der Waals surface area contributed by atoms with Crippen molar-refractivity contribution in [2.45, 2.75) is 46.1 Å². The first kappa shape index (κ1) is 18.4. The molecule has 1 aliphatic rings. The van der Waals surface area contributed by atoms with Gasteiger partial charge < -0.3 is 19.2 Å². The van der Waals surface area contributed by atoms with E-state index in [1.165, 1.54) is 4.90 Å². The summed E-state index contributed by atoms with van der Waals surface area (Å²) in [6, 6.07) is 1.83. The highest BCUT2D eigenvalue weighted by Gasteiger charge is 2.25. The van der Waals surface area contributed by atoms with Crippen LogP contribution in [-0.2, 0) is 6.54 Å². The number of hydrogen-bond donors (Lipinski definition) is 1. The Morgan fingerprint density at radius 2 is 2.15 bits per heavy atom. The molecule has 1 unspecified atom stereocenters. The highest BCUT2D eigenvalue weighted by Crippen LogP contribution is 2.24. The highest BCUT2D eigenvalue weighted by molar-refractivity contribution is 5.94. The minimum atomic E-state index is -0.568. The number of piperidine rings is 1. The number of nitrogens with one attached hydrogen (secondary N) is 1. The predicted octanol–water partition coefficient (Wildman–Crippen LogP) is 2.29. The van der Waals surface area contributed by atoms with Gasteiger partial charge in [-0.25, -0.2) is 4.79 Å². The van der Waals surface area contributed by atoms with Gasteiger partial charge in [0.2, 0.25) is 0 Å². The van der Waals surface area contributed by atoms with Crippen LogP contribution in [0.15, 0.2) is 19.8 Å². The van der Waals surface area contributed by atoms with Gasteiger partial charge in [-0.1, -0.05) is 5.16 Å². The Morgan fingerprint density at radius 3 is 2.73 bits per heavy atom. The molecular formula is C19H25N3O4. The Morgan fingerprint density at radius 1 is 1.38 bits per heavy atom. The Labute approximate surface area is 152 Å². The van der Waals surface area contributed by atoms with Crippen LogP contribution in [0.2, 0.25) is 0 Å². The van der Waals surface area contributed by atoms with E-state index in [9.17, 15) is 9.59 Å². The Hall–Kier alpha value is -2.41. The highest BCUT2D eigenvalue weighted by atomic mass is 16.5. The zero-order valence-electron chi connectivity index (χ0n) is 15.7. The summed E-state index contributed by atoms with van der Waals surface area (Å²) in [5.74, 6) is 1.15. The number of aromatic nitrogens is 1. The van der Waals surface area contributed by atoms with Crippen molar-refractivity contribution in [2.75, 3.05) is 20.1 Å². The number of rotatable bonds is 4. The maximum Gasteiger partial charge on any atom is 0.349 e. The smallest absolute Gasteiger partial charge is 0.349 e. The summed E-state index contributed by atoms with van der Waals surface area (Å²) in [5, 5.41) is 7.21. The van der Waals surface area contributed by atoms with Gasteiger partial charge >= 0.3 is 5.63 Å². The lowest BCUT2D eigenvalue weighted by Gasteiger charge is -2.22. The molecule has 7 heteroatoms. The van der Waals surface area contributed by atoms with E-state index in [0.717, 1.165) is 37.2 Å². The second-order valence-electron chi connectivity index (χ2n) is 7.00. The van der Waals surface area contributed by atoms with E-state index in [2.05, 4.69) is 10.5 Å². The van der Waals surface area contributed by atoms with E-state index in [1.807, 2.05) is 13.0 Å². The molecule has 26 heavy (non-hydrogen) atoms. The first-order valence-electron chi connectivity index (χ1n) is 8.91. The lowest BCUT2D eigenvalue weighted by molar-refractivity contribution is 0.0778. The quantitative estimate of drug-likeness (QED) is 0.901. The van der Waals surface area contributed by atoms with Crippen LogP contribution in [-0.4, -0.2) is 36.1 Å². The lowest BCUT2D eigenvalue weighted by atomic mass is 9.95. The van der Waals surface area contributed by atoms with Crippen molar-refractivity contribution in [3.05, 3.63) is 50.4 Å². The van der Waals surface area contributed by atoms with Crippen molar-refractivity contribution in [2.24, 2.45) is 0 Å². The SMILES string of the molecule is Cc1cc(C2CCCNC2)oc(=O)c1C(=O)N(C)Cc1c(C)noc1C. The fraction of sp³-hybridized carbons (Fsp3) is 0.526. The van der Waals surface area contributed by atoms with Crippen molar-refractivity contribution in [3.8, 4) is 0 Å². The molecule has 0 radical (unpaired) electrons. The average molecular weight is 359 g/mol. The molecule has 1 aliphatic heterocycles. The van der Waals surface area contributed by atoms with E-state index >= 15 is 0 Å². The average Bonchev–Trinajstić information content (AvgIpc) is 2.93. The predicted molar refractivity (Wildman–Crippen MR) is 96.3 cm³/mol. The molecule has 2 aromatic heterocycles. The van der Waals surface area contributed by atoms with Crippen molar-refractivity contribution in [3.63, 3.8) is 0 Å². The molecular weight excluding hydrogens is 334 g/mol. The van der Waals surface area contributed by atoms with E-state index in [0.29, 0.717) is 23.6 Å². The molecule has 0 aliphatic carbocycles. The Balaban J connectivity index is 1.83. The maximum absolute atomic E-state index is 12.8. The van der Waals surface area contributed by atoms with Crippen LogP contribution in [0.5, 0.6) is 0 Å². The molecule has 0 aromatic carbocycles. The van der Waals surface area contributed by atoms with Gasteiger partial charge in [0.25, 0.3) is 5.91 Å². The number of nitrogens with zero attached hydrogens (tertiary/aromatic N) is 2. The van der Waals surface area contributed by atoms with E-state index in [-0.39, 0.29) is 17.4 Å². The summed E-state index contributed by atoms with van der Waals surface area (Å²) in [6.45, 7) is 7.53. The molecule has 1 N–H and O–H groups in total. The van der Waals surface area contributed by atoms with Crippen molar-refractivity contribution in [1.82, 2.24) is 15.4 Å². The second-order valence-corrected chi connectivity index (χ2v) is 7.00. The lowest BCUT2D eigenvalue weighted by Crippen LogP contribution is -2.33. The van der Waals surface area contributed by atoms with Gasteiger partial charge in [-0.15, -0.1) is 0 Å². The number of amides is 1. The Bertz CT molecular complexity index is 843. The minimum absolute atomic E-state index is 0.0896. The van der Waals surface area contributed by atoms with Crippen LogP contribution in [0.1, 0.15) is 57.5 Å². The van der Waals surface area contributed by atoms with E-state index in [4.69, 9.17) is 8.94 Å². The molecule has 140 valence electrons. The summed E-state index contributed by atoms with van der Waals surface area (Å²) in [5.41, 5.74) is 1.77. The van der Waals surface area contributed by atoms with Gasteiger partial charge in [0.1, 0.15) is 17.1 Å². The number of hydrogen-bond acceptors (Lipinski definition) is 6. The topological polar surface area (TPSA) is 88.6 Å². The van der Waals surface area contributed by atoms with Crippen molar-refractivity contribution < 1.29 is 13.7 Å². The molecule has 1 atom stereocenters. The van der Waals surface area contributed by atoms with Gasteiger partial charge in [-0.2, -0.15) is 0 Å². The van der Waals surface area contributed by atoms with Crippen molar-refractivity contribution >= 4 is 5.91 Å². The third-order valence-electron chi connectivity index (χ3n) is 5.00. The zero-order chi connectivity index (χ0) is 18.8. The monoisotopic (exact) mass is 359 g/mol. The fourth-order valence-corrected chi connectivity index (χ4v) is 3.41. The summed E-state index contributed by atoms with van der Waals surface area (Å²) >= 11 is 0. The first-order chi connectivity index (χ1) is 12.4. The molecule has 3 heterocycles. The van der Waals surface area contributed by atoms with Crippen LogP contribution >= 0.6 is 0 Å². The molecule has 7 nitrogen and oxygen atoms in total.